The van der Waals surface area contributed by atoms with Crippen molar-refractivity contribution >= 4 is 39.1 Å². The molecule has 2 fully saturated rings. The van der Waals surface area contributed by atoms with E-state index in [4.69, 9.17) is 21.1 Å². The molecule has 0 aromatic carbocycles. The Morgan fingerprint density at radius 1 is 1.31 bits per heavy atom. The Morgan fingerprint density at radius 3 is 2.81 bits per heavy atom. The fourth-order valence-electron chi connectivity index (χ4n) is 3.68. The molecule has 4 heterocycles. The Balaban J connectivity index is 1.43. The fraction of sp³-hybridized carbons (Fsp3) is 0.579. The van der Waals surface area contributed by atoms with Crippen LogP contribution in [0.25, 0.3) is 4.85 Å². The van der Waals surface area contributed by atoms with Crippen LogP contribution in [0.2, 0.25) is 5.02 Å². The van der Waals surface area contributed by atoms with Crippen LogP contribution in [0, 0.1) is 17.9 Å². The third kappa shape index (κ3) is 5.36. The molecule has 3 unspecified atom stereocenters. The number of sulfonamides is 1. The van der Waals surface area contributed by atoms with Gasteiger partial charge in [0, 0.05) is 18.2 Å². The number of nitrogens with zero attached hydrogens (tertiary/aromatic N) is 5. The summed E-state index contributed by atoms with van der Waals surface area (Å²) in [6.07, 6.45) is 4.14. The van der Waals surface area contributed by atoms with Crippen LogP contribution in [-0.4, -0.2) is 65.4 Å². The van der Waals surface area contributed by atoms with E-state index in [1.54, 1.807) is 24.1 Å². The maximum absolute atomic E-state index is 12.3. The number of halogens is 1. The number of aryl methyl sites for hydroxylation is 1. The zero-order valence-corrected chi connectivity index (χ0v) is 19.5. The van der Waals surface area contributed by atoms with Crippen LogP contribution in [0.15, 0.2) is 18.6 Å². The SMILES string of the molecule is CC(C)CS(=O)(=O)N[C@@H]1COC2C(C#[N+]c3nc(Nc4cnn(C)c4)ncc3Cl)COC21. The number of fused-ring (bicyclic) bond motifs is 1. The zero-order chi connectivity index (χ0) is 22.9. The van der Waals surface area contributed by atoms with E-state index < -0.39 is 22.2 Å². The first-order chi connectivity index (χ1) is 15.2. The summed E-state index contributed by atoms with van der Waals surface area (Å²) in [6, 6.07) is 2.56. The van der Waals surface area contributed by atoms with Gasteiger partial charge in [-0.2, -0.15) is 14.9 Å². The summed E-state index contributed by atoms with van der Waals surface area (Å²) in [5, 5.41) is 7.39. The highest BCUT2D eigenvalue weighted by Crippen LogP contribution is 2.32. The van der Waals surface area contributed by atoms with Gasteiger partial charge >= 0.3 is 11.8 Å². The molecular formula is C19H25ClN7O4S+. The maximum atomic E-state index is 12.3. The van der Waals surface area contributed by atoms with Gasteiger partial charge in [0.15, 0.2) is 11.1 Å². The number of aromatic nitrogens is 4. The van der Waals surface area contributed by atoms with E-state index in [-0.39, 0.29) is 41.1 Å². The lowest BCUT2D eigenvalue weighted by atomic mass is 10.0. The van der Waals surface area contributed by atoms with Gasteiger partial charge in [-0.1, -0.05) is 25.4 Å². The van der Waals surface area contributed by atoms with Gasteiger partial charge in [-0.15, -0.1) is 0 Å². The molecule has 0 amide bonds. The highest BCUT2D eigenvalue weighted by molar-refractivity contribution is 7.89. The van der Waals surface area contributed by atoms with E-state index in [2.05, 4.69) is 36.0 Å². The van der Waals surface area contributed by atoms with Crippen LogP contribution in [0.5, 0.6) is 0 Å². The molecular weight excluding hydrogens is 458 g/mol. The molecule has 2 aliphatic rings. The topological polar surface area (TPSA) is 125 Å². The van der Waals surface area contributed by atoms with E-state index in [0.29, 0.717) is 12.6 Å². The Kier molecular flexibility index (Phi) is 6.64. The molecule has 0 aliphatic carbocycles. The van der Waals surface area contributed by atoms with Crippen LogP contribution in [0.4, 0.5) is 17.5 Å². The normalized spacial score (nSPS) is 24.9. The summed E-state index contributed by atoms with van der Waals surface area (Å²) >= 11 is 6.20. The van der Waals surface area contributed by atoms with Crippen molar-refractivity contribution in [2.75, 3.05) is 24.3 Å². The highest BCUT2D eigenvalue weighted by atomic mass is 35.5. The monoisotopic (exact) mass is 482 g/mol. The molecule has 0 saturated carbocycles. The van der Waals surface area contributed by atoms with Gasteiger partial charge in [-0.25, -0.2) is 13.1 Å². The van der Waals surface area contributed by atoms with Crippen molar-refractivity contribution in [2.24, 2.45) is 18.9 Å². The molecule has 32 heavy (non-hydrogen) atoms. The van der Waals surface area contributed by atoms with Gasteiger partial charge < -0.3 is 9.47 Å². The third-order valence-corrected chi connectivity index (χ3v) is 6.99. The minimum absolute atomic E-state index is 0.0264. The zero-order valence-electron chi connectivity index (χ0n) is 17.9. The molecule has 2 aliphatic heterocycles. The van der Waals surface area contributed by atoms with Crippen LogP contribution >= 0.6 is 11.6 Å². The highest BCUT2D eigenvalue weighted by Gasteiger charge is 2.49. The number of hydrogen-bond acceptors (Lipinski definition) is 8. The Labute approximate surface area is 191 Å². The van der Waals surface area contributed by atoms with Crippen molar-refractivity contribution in [1.29, 1.82) is 0 Å². The van der Waals surface area contributed by atoms with Gasteiger partial charge in [0.2, 0.25) is 10.0 Å². The number of hydrogen-bond donors (Lipinski definition) is 2. The lowest BCUT2D eigenvalue weighted by Crippen LogP contribution is -2.45. The van der Waals surface area contributed by atoms with Gasteiger partial charge in [0.1, 0.15) is 18.1 Å². The number of anilines is 2. The van der Waals surface area contributed by atoms with E-state index in [1.165, 1.54) is 6.20 Å². The predicted octanol–water partition coefficient (Wildman–Crippen LogP) is 1.93. The van der Waals surface area contributed by atoms with E-state index in [1.807, 2.05) is 13.8 Å². The summed E-state index contributed by atoms with van der Waals surface area (Å²) in [5.74, 6) is 0.377. The smallest absolute Gasteiger partial charge is 0.372 e. The Hall–Kier alpha value is -2.30. The minimum Gasteiger partial charge on any atom is -0.372 e. The van der Waals surface area contributed by atoms with Gasteiger partial charge in [0.05, 0.1) is 43.1 Å². The summed E-state index contributed by atoms with van der Waals surface area (Å²) in [7, 11) is -1.61. The number of nitrogens with one attached hydrogen (secondary N) is 2. The first-order valence-electron chi connectivity index (χ1n) is 10.2. The predicted molar refractivity (Wildman–Crippen MR) is 119 cm³/mol. The molecule has 2 N–H and O–H groups in total. The number of ether oxygens (including phenoxy) is 2. The summed E-state index contributed by atoms with van der Waals surface area (Å²) in [4.78, 5) is 12.8. The number of rotatable bonds is 6. The first-order valence-corrected chi connectivity index (χ1v) is 12.2. The van der Waals surface area contributed by atoms with Crippen molar-refractivity contribution in [3.05, 3.63) is 28.5 Å². The van der Waals surface area contributed by atoms with Gasteiger partial charge in [-0.05, 0) is 5.92 Å². The second kappa shape index (κ2) is 9.29. The molecule has 11 nitrogen and oxygen atoms in total. The summed E-state index contributed by atoms with van der Waals surface area (Å²) in [6.45, 7) is 4.26. The Morgan fingerprint density at radius 2 is 2.09 bits per heavy atom. The minimum atomic E-state index is -3.41. The van der Waals surface area contributed by atoms with E-state index in [9.17, 15) is 8.42 Å². The second-order valence-corrected chi connectivity index (χ2v) is 10.4. The second-order valence-electron chi connectivity index (χ2n) is 8.24. The van der Waals surface area contributed by atoms with Crippen LogP contribution < -0.4 is 10.0 Å². The van der Waals surface area contributed by atoms with Gasteiger partial charge in [0.25, 0.3) is 0 Å². The average Bonchev–Trinajstić information content (AvgIpc) is 3.39. The van der Waals surface area contributed by atoms with Gasteiger partial charge in [-0.3, -0.25) is 10.00 Å². The Bertz CT molecular complexity index is 1140. The lowest BCUT2D eigenvalue weighted by Gasteiger charge is -2.18. The molecule has 4 rings (SSSR count). The maximum Gasteiger partial charge on any atom is 0.449 e. The molecule has 2 aromatic rings. The molecule has 0 spiro atoms. The summed E-state index contributed by atoms with van der Waals surface area (Å²) < 4.78 is 40.5. The standard InChI is InChI=1S/C19H25ClN7O4S/c1-11(2)10-32(28,29)26-15-9-31-16-12(8-30-17(15)16)4-21-18-14(20)6-22-19(25-18)24-13-5-23-27(3)7-13/h5-7,11-12,15-17,26H,8-10H2,1-3H3,(H,22,24,25)/q+1/t12?,15-,16?,17?/m1/s1. The van der Waals surface area contributed by atoms with Crippen molar-refractivity contribution in [2.45, 2.75) is 32.1 Å². The molecule has 0 bridgehead atoms. The van der Waals surface area contributed by atoms with Crippen molar-refractivity contribution in [3.8, 4) is 6.07 Å². The summed E-state index contributed by atoms with van der Waals surface area (Å²) in [5.41, 5.74) is 0.728. The molecule has 4 atom stereocenters. The quantitative estimate of drug-likeness (QED) is 0.639. The average molecular weight is 483 g/mol. The molecule has 2 aromatic heterocycles. The largest absolute Gasteiger partial charge is 0.449 e. The van der Waals surface area contributed by atoms with E-state index in [0.717, 1.165) is 5.69 Å². The third-order valence-electron chi connectivity index (χ3n) is 4.96. The molecule has 172 valence electrons. The molecule has 0 radical (unpaired) electrons. The first kappa shape index (κ1) is 22.9. The lowest BCUT2D eigenvalue weighted by molar-refractivity contribution is 0.0671. The van der Waals surface area contributed by atoms with Crippen molar-refractivity contribution < 1.29 is 17.9 Å². The van der Waals surface area contributed by atoms with Crippen LogP contribution in [0.1, 0.15) is 13.8 Å². The van der Waals surface area contributed by atoms with Crippen LogP contribution in [0.3, 0.4) is 0 Å². The van der Waals surface area contributed by atoms with Crippen LogP contribution in [-0.2, 0) is 26.5 Å². The van der Waals surface area contributed by atoms with Crippen molar-refractivity contribution in [3.63, 3.8) is 0 Å². The fourth-order valence-corrected chi connectivity index (χ4v) is 5.45. The molecule has 13 heteroatoms. The van der Waals surface area contributed by atoms with Crippen molar-refractivity contribution in [1.82, 2.24) is 24.5 Å². The molecule has 2 saturated heterocycles. The van der Waals surface area contributed by atoms with E-state index >= 15 is 0 Å².